The molecule has 200 valence electrons. The van der Waals surface area contributed by atoms with Crippen molar-refractivity contribution >= 4 is 38.3 Å². The van der Waals surface area contributed by atoms with Crippen LogP contribution in [0.15, 0.2) is 24.3 Å². The van der Waals surface area contributed by atoms with E-state index in [4.69, 9.17) is 5.26 Å². The zero-order chi connectivity index (χ0) is 27.2. The number of aromatic amines is 1. The third-order valence-electron chi connectivity index (χ3n) is 6.70. The Morgan fingerprint density at radius 2 is 1.84 bits per heavy atom. The van der Waals surface area contributed by atoms with Crippen LogP contribution in [-0.4, -0.2) is 45.2 Å². The molecule has 3 aromatic heterocycles. The summed E-state index contributed by atoms with van der Waals surface area (Å²) in [7, 11) is 0. The van der Waals surface area contributed by atoms with Crippen LogP contribution in [0.25, 0.3) is 21.1 Å². The highest BCUT2D eigenvalue weighted by Crippen LogP contribution is 2.37. The summed E-state index contributed by atoms with van der Waals surface area (Å²) in [6, 6.07) is 8.93. The second-order valence-electron chi connectivity index (χ2n) is 9.42. The Morgan fingerprint density at radius 3 is 2.50 bits per heavy atom. The molecule has 0 saturated carbocycles. The molecular formula is C25H22F6N6S. The molecule has 1 saturated heterocycles. The van der Waals surface area contributed by atoms with E-state index in [1.807, 2.05) is 25.1 Å². The maximum atomic E-state index is 13.4. The van der Waals surface area contributed by atoms with Gasteiger partial charge >= 0.3 is 12.4 Å². The zero-order valence-electron chi connectivity index (χ0n) is 20.1. The highest BCUT2D eigenvalue weighted by atomic mass is 32.1. The molecule has 6 nitrogen and oxygen atoms in total. The summed E-state index contributed by atoms with van der Waals surface area (Å²) in [6.45, 7) is 4.04. The van der Waals surface area contributed by atoms with Gasteiger partial charge in [-0.3, -0.25) is 4.90 Å². The number of nitrogens with zero attached hydrogens (tertiary/aromatic N) is 4. The summed E-state index contributed by atoms with van der Waals surface area (Å²) in [6.07, 6.45) is -9.30. The van der Waals surface area contributed by atoms with E-state index >= 15 is 0 Å². The maximum absolute atomic E-state index is 13.4. The first-order chi connectivity index (χ1) is 17.9. The summed E-state index contributed by atoms with van der Waals surface area (Å²) in [5, 5.41) is 13.4. The summed E-state index contributed by atoms with van der Waals surface area (Å²) in [4.78, 5) is 12.2. The van der Waals surface area contributed by atoms with E-state index < -0.39 is 24.6 Å². The number of aryl methyl sites for hydroxylation is 1. The quantitative estimate of drug-likeness (QED) is 0.275. The highest BCUT2D eigenvalue weighted by molar-refractivity contribution is 7.18. The van der Waals surface area contributed by atoms with Gasteiger partial charge in [0.15, 0.2) is 0 Å². The normalized spacial score (nSPS) is 15.8. The Kier molecular flexibility index (Phi) is 6.73. The number of benzene rings is 1. The monoisotopic (exact) mass is 552 g/mol. The first-order valence-electron chi connectivity index (χ1n) is 11.8. The molecule has 2 N–H and O–H groups in total. The van der Waals surface area contributed by atoms with E-state index in [1.54, 1.807) is 0 Å². The van der Waals surface area contributed by atoms with Crippen molar-refractivity contribution in [1.82, 2.24) is 19.9 Å². The Bertz CT molecular complexity index is 1520. The molecule has 0 aliphatic carbocycles. The standard InChI is InChI=1S/C25H22F6N6S/c1-13-14(2-3-20-18(13)8-16(11-32)33-20)12-37-6-4-15(5-7-37)34-21-19-9-17(10-24(26,27)28)38-22(19)36-23(35-21)25(29,30)31/h2-3,8-9,15,33H,4-7,10,12H2,1H3,(H,34,35,36). The van der Waals surface area contributed by atoms with Gasteiger partial charge in [0.05, 0.1) is 11.8 Å². The van der Waals surface area contributed by atoms with Crippen molar-refractivity contribution in [2.24, 2.45) is 0 Å². The fourth-order valence-corrected chi connectivity index (χ4v) is 5.85. The molecule has 0 amide bonds. The molecule has 0 bridgehead atoms. The van der Waals surface area contributed by atoms with Gasteiger partial charge in [-0.15, -0.1) is 11.3 Å². The molecular weight excluding hydrogens is 530 g/mol. The fourth-order valence-electron chi connectivity index (χ4n) is 4.79. The second kappa shape index (κ2) is 9.74. The minimum atomic E-state index is -4.82. The third-order valence-corrected chi connectivity index (χ3v) is 7.73. The molecule has 0 spiro atoms. The van der Waals surface area contributed by atoms with Crippen molar-refractivity contribution in [3.8, 4) is 6.07 Å². The van der Waals surface area contributed by atoms with Gasteiger partial charge < -0.3 is 10.3 Å². The van der Waals surface area contributed by atoms with E-state index in [2.05, 4.69) is 31.2 Å². The van der Waals surface area contributed by atoms with Crippen LogP contribution in [0.2, 0.25) is 0 Å². The molecule has 1 aliphatic heterocycles. The molecule has 1 fully saturated rings. The van der Waals surface area contributed by atoms with Crippen molar-refractivity contribution in [2.75, 3.05) is 18.4 Å². The number of anilines is 1. The van der Waals surface area contributed by atoms with E-state index in [-0.39, 0.29) is 27.0 Å². The molecule has 4 aromatic rings. The van der Waals surface area contributed by atoms with Crippen LogP contribution in [0.4, 0.5) is 32.2 Å². The Balaban J connectivity index is 1.30. The van der Waals surface area contributed by atoms with Crippen molar-refractivity contribution in [1.29, 1.82) is 5.26 Å². The molecule has 4 heterocycles. The smallest absolute Gasteiger partial charge is 0.367 e. The number of aromatic nitrogens is 3. The van der Waals surface area contributed by atoms with Crippen LogP contribution in [0, 0.1) is 18.3 Å². The van der Waals surface area contributed by atoms with Gasteiger partial charge in [0.2, 0.25) is 5.82 Å². The SMILES string of the molecule is Cc1c(CN2CCC(Nc3nc(C(F)(F)F)nc4sc(CC(F)(F)F)cc34)CC2)ccc2[nH]c(C#N)cc12. The summed E-state index contributed by atoms with van der Waals surface area (Å²) in [5.41, 5.74) is 3.59. The van der Waals surface area contributed by atoms with Crippen molar-refractivity contribution in [3.63, 3.8) is 0 Å². The number of piperidine rings is 1. The van der Waals surface area contributed by atoms with Crippen LogP contribution < -0.4 is 5.32 Å². The number of H-pyrrole nitrogens is 1. The lowest BCUT2D eigenvalue weighted by Crippen LogP contribution is -2.39. The third kappa shape index (κ3) is 5.56. The molecule has 0 radical (unpaired) electrons. The number of rotatable bonds is 5. The van der Waals surface area contributed by atoms with E-state index in [9.17, 15) is 26.3 Å². The Hall–Kier alpha value is -3.37. The summed E-state index contributed by atoms with van der Waals surface area (Å²) < 4.78 is 78.9. The van der Waals surface area contributed by atoms with Crippen LogP contribution in [0.3, 0.4) is 0 Å². The minimum absolute atomic E-state index is 0.0903. The number of halogens is 6. The van der Waals surface area contributed by atoms with Crippen LogP contribution in [0.1, 0.15) is 40.4 Å². The molecule has 5 rings (SSSR count). The fraction of sp³-hybridized carbons (Fsp3) is 0.400. The van der Waals surface area contributed by atoms with Gasteiger partial charge in [-0.05, 0) is 49.1 Å². The predicted octanol–water partition coefficient (Wildman–Crippen LogP) is 6.55. The lowest BCUT2D eigenvalue weighted by molar-refractivity contribution is -0.144. The predicted molar refractivity (Wildman–Crippen MR) is 132 cm³/mol. The average molecular weight is 553 g/mol. The largest absolute Gasteiger partial charge is 0.451 e. The van der Waals surface area contributed by atoms with E-state index in [0.717, 1.165) is 22.0 Å². The molecule has 0 unspecified atom stereocenters. The summed E-state index contributed by atoms with van der Waals surface area (Å²) in [5.74, 6) is -1.46. The van der Waals surface area contributed by atoms with Crippen LogP contribution in [0.5, 0.6) is 0 Å². The van der Waals surface area contributed by atoms with Gasteiger partial charge in [-0.2, -0.15) is 31.6 Å². The number of nitriles is 1. The van der Waals surface area contributed by atoms with Crippen molar-refractivity contribution < 1.29 is 26.3 Å². The number of fused-ring (bicyclic) bond motifs is 2. The molecule has 1 aliphatic rings. The topological polar surface area (TPSA) is 80.6 Å². The van der Waals surface area contributed by atoms with Gasteiger partial charge in [0, 0.05) is 41.5 Å². The van der Waals surface area contributed by atoms with Crippen molar-refractivity contribution in [2.45, 2.75) is 51.1 Å². The van der Waals surface area contributed by atoms with E-state index in [1.165, 1.54) is 6.07 Å². The number of thiophene rings is 1. The Morgan fingerprint density at radius 1 is 1.11 bits per heavy atom. The van der Waals surface area contributed by atoms with Crippen LogP contribution in [-0.2, 0) is 19.1 Å². The van der Waals surface area contributed by atoms with Gasteiger partial charge in [-0.1, -0.05) is 6.07 Å². The maximum Gasteiger partial charge on any atom is 0.451 e. The number of nitrogens with one attached hydrogen (secondary N) is 2. The molecule has 13 heteroatoms. The molecule has 1 aromatic carbocycles. The average Bonchev–Trinajstić information content (AvgIpc) is 3.44. The minimum Gasteiger partial charge on any atom is -0.367 e. The van der Waals surface area contributed by atoms with Gasteiger partial charge in [0.1, 0.15) is 22.4 Å². The lowest BCUT2D eigenvalue weighted by Gasteiger charge is -2.33. The first-order valence-corrected chi connectivity index (χ1v) is 12.7. The van der Waals surface area contributed by atoms with Gasteiger partial charge in [-0.25, -0.2) is 9.97 Å². The first kappa shape index (κ1) is 26.2. The Labute approximate surface area is 217 Å². The highest BCUT2D eigenvalue weighted by Gasteiger charge is 2.37. The second-order valence-corrected chi connectivity index (χ2v) is 10.5. The summed E-state index contributed by atoms with van der Waals surface area (Å²) >= 11 is 0.598. The van der Waals surface area contributed by atoms with Crippen LogP contribution >= 0.6 is 11.3 Å². The van der Waals surface area contributed by atoms with E-state index in [0.29, 0.717) is 49.5 Å². The molecule has 0 atom stereocenters. The number of hydrogen-bond donors (Lipinski definition) is 2. The lowest BCUT2D eigenvalue weighted by atomic mass is 10.0. The van der Waals surface area contributed by atoms with Crippen molar-refractivity contribution in [3.05, 3.63) is 51.8 Å². The van der Waals surface area contributed by atoms with Gasteiger partial charge in [0.25, 0.3) is 0 Å². The molecule has 38 heavy (non-hydrogen) atoms. The zero-order valence-corrected chi connectivity index (χ0v) is 20.9. The number of likely N-dealkylation sites (tertiary alicyclic amines) is 1. The number of hydrogen-bond acceptors (Lipinski definition) is 6. The number of alkyl halides is 6.